The smallest absolute Gasteiger partial charge is 0.321 e. The number of likely N-dealkylation sites (tertiary alicyclic amines) is 1. The highest BCUT2D eigenvalue weighted by Gasteiger charge is 2.26. The third-order valence-electron chi connectivity index (χ3n) is 4.70. The van der Waals surface area contributed by atoms with Crippen LogP contribution in [0.15, 0.2) is 84.9 Å². The number of carbonyl (C=O) groups excluding carboxylic acids is 1. The number of anilines is 2. The van der Waals surface area contributed by atoms with E-state index in [9.17, 15) is 4.79 Å². The Morgan fingerprint density at radius 1 is 0.821 bits per heavy atom. The third kappa shape index (κ3) is 4.62. The molecule has 0 saturated carbocycles. The topological polar surface area (TPSA) is 53.6 Å². The van der Waals surface area contributed by atoms with Crippen molar-refractivity contribution in [2.75, 3.05) is 23.7 Å². The molecule has 0 bridgehead atoms. The third-order valence-corrected chi connectivity index (χ3v) is 4.70. The summed E-state index contributed by atoms with van der Waals surface area (Å²) < 4.78 is 5.78. The van der Waals surface area contributed by atoms with Gasteiger partial charge in [0.05, 0.1) is 0 Å². The average molecular weight is 373 g/mol. The van der Waals surface area contributed by atoms with Crippen molar-refractivity contribution in [3.63, 3.8) is 0 Å². The fourth-order valence-corrected chi connectivity index (χ4v) is 3.27. The van der Waals surface area contributed by atoms with Gasteiger partial charge < -0.3 is 20.3 Å². The highest BCUT2D eigenvalue weighted by Crippen LogP contribution is 2.23. The minimum absolute atomic E-state index is 0.0749. The molecule has 5 nitrogen and oxygen atoms in total. The minimum Gasteiger partial charge on any atom is -0.457 e. The van der Waals surface area contributed by atoms with Gasteiger partial charge in [-0.3, -0.25) is 0 Å². The molecule has 4 rings (SSSR count). The molecule has 5 heteroatoms. The average Bonchev–Trinajstić information content (AvgIpc) is 3.20. The molecule has 3 aromatic carbocycles. The Bertz CT molecular complexity index is 898. The van der Waals surface area contributed by atoms with Crippen molar-refractivity contribution in [1.29, 1.82) is 0 Å². The summed E-state index contributed by atoms with van der Waals surface area (Å²) in [4.78, 5) is 14.4. The molecule has 1 aliphatic rings. The second-order valence-electron chi connectivity index (χ2n) is 6.81. The van der Waals surface area contributed by atoms with Crippen LogP contribution in [0.1, 0.15) is 6.42 Å². The molecule has 28 heavy (non-hydrogen) atoms. The van der Waals surface area contributed by atoms with Crippen LogP contribution in [-0.4, -0.2) is 30.1 Å². The number of urea groups is 1. The summed E-state index contributed by atoms with van der Waals surface area (Å²) >= 11 is 0. The molecular formula is C23H23N3O2. The molecule has 2 amide bonds. The number of amides is 2. The quantitative estimate of drug-likeness (QED) is 0.646. The van der Waals surface area contributed by atoms with E-state index in [4.69, 9.17) is 4.74 Å². The van der Waals surface area contributed by atoms with Crippen LogP contribution >= 0.6 is 0 Å². The standard InChI is InChI=1S/C23H23N3O2/c27-23(26-16-15-20(17-26)24-18-7-3-1-4-8-18)25-19-11-13-22(14-12-19)28-21-9-5-2-6-10-21/h1-14,20,24H,15-17H2,(H,25,27). The van der Waals surface area contributed by atoms with Crippen molar-refractivity contribution in [2.24, 2.45) is 0 Å². The molecule has 1 saturated heterocycles. The SMILES string of the molecule is O=C(Nc1ccc(Oc2ccccc2)cc1)N1CCC(Nc2ccccc2)C1. The largest absolute Gasteiger partial charge is 0.457 e. The number of rotatable bonds is 5. The molecule has 0 spiro atoms. The number of benzene rings is 3. The summed E-state index contributed by atoms with van der Waals surface area (Å²) in [5, 5.41) is 6.45. The van der Waals surface area contributed by atoms with Crippen LogP contribution in [0, 0.1) is 0 Å². The number of nitrogens with one attached hydrogen (secondary N) is 2. The number of hydrogen-bond acceptors (Lipinski definition) is 3. The predicted octanol–water partition coefficient (Wildman–Crippen LogP) is 5.20. The van der Waals surface area contributed by atoms with Gasteiger partial charge in [-0.25, -0.2) is 4.79 Å². The molecule has 0 aromatic heterocycles. The first-order valence-corrected chi connectivity index (χ1v) is 9.47. The molecule has 0 radical (unpaired) electrons. The van der Waals surface area contributed by atoms with Gasteiger partial charge in [0.1, 0.15) is 11.5 Å². The van der Waals surface area contributed by atoms with E-state index in [1.165, 1.54) is 0 Å². The Balaban J connectivity index is 1.29. The predicted molar refractivity (Wildman–Crippen MR) is 112 cm³/mol. The summed E-state index contributed by atoms with van der Waals surface area (Å²) in [5.41, 5.74) is 1.84. The summed E-state index contributed by atoms with van der Waals surface area (Å²) in [6.45, 7) is 1.43. The van der Waals surface area contributed by atoms with Crippen molar-refractivity contribution in [1.82, 2.24) is 4.90 Å². The van der Waals surface area contributed by atoms with Crippen molar-refractivity contribution in [3.8, 4) is 11.5 Å². The Kier molecular flexibility index (Phi) is 5.43. The lowest BCUT2D eigenvalue weighted by atomic mass is 10.2. The zero-order valence-electron chi connectivity index (χ0n) is 15.5. The normalized spacial score (nSPS) is 15.9. The Labute approximate surface area is 164 Å². The number of carbonyl (C=O) groups is 1. The molecule has 1 aliphatic heterocycles. The van der Waals surface area contributed by atoms with Crippen molar-refractivity contribution in [2.45, 2.75) is 12.5 Å². The Morgan fingerprint density at radius 3 is 2.18 bits per heavy atom. The number of para-hydroxylation sites is 2. The fourth-order valence-electron chi connectivity index (χ4n) is 3.27. The van der Waals surface area contributed by atoms with Gasteiger partial charge in [0.15, 0.2) is 0 Å². The van der Waals surface area contributed by atoms with E-state index in [1.807, 2.05) is 89.8 Å². The molecule has 3 aromatic rings. The van der Waals surface area contributed by atoms with E-state index in [0.717, 1.165) is 35.8 Å². The maximum absolute atomic E-state index is 12.5. The van der Waals surface area contributed by atoms with Crippen molar-refractivity contribution >= 4 is 17.4 Å². The van der Waals surface area contributed by atoms with E-state index >= 15 is 0 Å². The van der Waals surface area contributed by atoms with Crippen molar-refractivity contribution < 1.29 is 9.53 Å². The molecule has 142 valence electrons. The second-order valence-corrected chi connectivity index (χ2v) is 6.81. The van der Waals surface area contributed by atoms with Gasteiger partial charge >= 0.3 is 6.03 Å². The molecular weight excluding hydrogens is 350 g/mol. The van der Waals surface area contributed by atoms with Gasteiger partial charge in [0, 0.05) is 30.5 Å². The molecule has 1 unspecified atom stereocenters. The van der Waals surface area contributed by atoms with E-state index < -0.39 is 0 Å². The molecule has 1 heterocycles. The van der Waals surface area contributed by atoms with E-state index in [-0.39, 0.29) is 12.1 Å². The first-order chi connectivity index (χ1) is 13.8. The summed E-state index contributed by atoms with van der Waals surface area (Å²) in [6.07, 6.45) is 0.937. The van der Waals surface area contributed by atoms with Crippen LogP contribution in [0.2, 0.25) is 0 Å². The summed E-state index contributed by atoms with van der Waals surface area (Å²) in [6, 6.07) is 27.3. The minimum atomic E-state index is -0.0749. The zero-order chi connectivity index (χ0) is 19.2. The second kappa shape index (κ2) is 8.48. The van der Waals surface area contributed by atoms with Gasteiger partial charge in [-0.05, 0) is 55.0 Å². The molecule has 1 atom stereocenters. The highest BCUT2D eigenvalue weighted by atomic mass is 16.5. The molecule has 2 N–H and O–H groups in total. The number of hydrogen-bond donors (Lipinski definition) is 2. The van der Waals surface area contributed by atoms with Gasteiger partial charge in [-0.2, -0.15) is 0 Å². The van der Waals surface area contributed by atoms with Crippen molar-refractivity contribution in [3.05, 3.63) is 84.9 Å². The van der Waals surface area contributed by atoms with Gasteiger partial charge in [0.25, 0.3) is 0 Å². The monoisotopic (exact) mass is 373 g/mol. The van der Waals surface area contributed by atoms with Gasteiger partial charge in [-0.1, -0.05) is 36.4 Å². The van der Waals surface area contributed by atoms with Crippen LogP contribution in [-0.2, 0) is 0 Å². The van der Waals surface area contributed by atoms with Gasteiger partial charge in [0.2, 0.25) is 0 Å². The summed E-state index contributed by atoms with van der Waals surface area (Å²) in [5.74, 6) is 1.52. The van der Waals surface area contributed by atoms with E-state index in [0.29, 0.717) is 6.54 Å². The van der Waals surface area contributed by atoms with Crippen LogP contribution in [0.25, 0.3) is 0 Å². The summed E-state index contributed by atoms with van der Waals surface area (Å²) in [7, 11) is 0. The lowest BCUT2D eigenvalue weighted by Gasteiger charge is -2.18. The lowest BCUT2D eigenvalue weighted by Crippen LogP contribution is -2.34. The molecule has 1 fully saturated rings. The first kappa shape index (κ1) is 17.9. The maximum atomic E-state index is 12.5. The first-order valence-electron chi connectivity index (χ1n) is 9.47. The Morgan fingerprint density at radius 2 is 1.46 bits per heavy atom. The Hall–Kier alpha value is -3.47. The van der Waals surface area contributed by atoms with Gasteiger partial charge in [-0.15, -0.1) is 0 Å². The zero-order valence-corrected chi connectivity index (χ0v) is 15.5. The van der Waals surface area contributed by atoms with E-state index in [2.05, 4.69) is 10.6 Å². The van der Waals surface area contributed by atoms with Crippen LogP contribution in [0.5, 0.6) is 11.5 Å². The number of ether oxygens (including phenoxy) is 1. The maximum Gasteiger partial charge on any atom is 0.321 e. The lowest BCUT2D eigenvalue weighted by molar-refractivity contribution is 0.222. The van der Waals surface area contributed by atoms with Crippen LogP contribution in [0.4, 0.5) is 16.2 Å². The molecule has 0 aliphatic carbocycles. The fraction of sp³-hybridized carbons (Fsp3) is 0.174. The highest BCUT2D eigenvalue weighted by molar-refractivity contribution is 5.89. The van der Waals surface area contributed by atoms with Crippen LogP contribution in [0.3, 0.4) is 0 Å². The number of nitrogens with zero attached hydrogens (tertiary/aromatic N) is 1. The van der Waals surface area contributed by atoms with E-state index in [1.54, 1.807) is 0 Å². The van der Waals surface area contributed by atoms with Crippen LogP contribution < -0.4 is 15.4 Å².